The summed E-state index contributed by atoms with van der Waals surface area (Å²) in [6.07, 6.45) is 4.35. The predicted molar refractivity (Wildman–Crippen MR) is 101 cm³/mol. The van der Waals surface area contributed by atoms with Gasteiger partial charge in [0, 0.05) is 18.2 Å². The van der Waals surface area contributed by atoms with E-state index in [1.807, 2.05) is 6.92 Å². The van der Waals surface area contributed by atoms with Crippen LogP contribution in [0.4, 0.5) is 4.39 Å². The Labute approximate surface area is 157 Å². The van der Waals surface area contributed by atoms with Crippen molar-refractivity contribution in [2.75, 3.05) is 6.26 Å². The molecule has 140 valence electrons. The maximum Gasteiger partial charge on any atom is 0.175 e. The molecule has 0 saturated heterocycles. The van der Waals surface area contributed by atoms with Gasteiger partial charge in [-0.3, -0.25) is 0 Å². The Balaban J connectivity index is 1.88. The first-order valence-corrected chi connectivity index (χ1v) is 10.7. The Hall–Kier alpha value is -2.54. The van der Waals surface area contributed by atoms with Crippen molar-refractivity contribution in [1.29, 1.82) is 0 Å². The van der Waals surface area contributed by atoms with Gasteiger partial charge < -0.3 is 0 Å². The second-order valence-corrected chi connectivity index (χ2v) is 9.15. The molecule has 27 heavy (non-hydrogen) atoms. The molecule has 1 saturated carbocycles. The molecule has 0 aliphatic heterocycles. The van der Waals surface area contributed by atoms with Crippen LogP contribution in [0.25, 0.3) is 17.1 Å². The van der Waals surface area contributed by atoms with Crippen LogP contribution in [0.15, 0.2) is 47.4 Å². The third-order valence-corrected chi connectivity index (χ3v) is 5.88. The number of halogens is 1. The van der Waals surface area contributed by atoms with Crippen molar-refractivity contribution in [2.45, 2.75) is 31.1 Å². The molecule has 0 unspecified atom stereocenters. The van der Waals surface area contributed by atoms with Gasteiger partial charge in [-0.25, -0.2) is 22.5 Å². The molecule has 1 aromatic heterocycles. The molecule has 0 bridgehead atoms. The van der Waals surface area contributed by atoms with E-state index in [9.17, 15) is 12.8 Å². The molecule has 1 aliphatic rings. The highest BCUT2D eigenvalue weighted by Crippen LogP contribution is 2.33. The quantitative estimate of drug-likeness (QED) is 0.671. The Kier molecular flexibility index (Phi) is 4.34. The standard InChI is InChI=1S/C20H20FN3O2S/c1-13-3-10-17(27(2,25)26)12-18(13)20-22-19(11-14-4-5-14)23-24(20)16-8-6-15(21)7-9-16/h3,6-10,12,14H,4-5,11H2,1-2H3. The van der Waals surface area contributed by atoms with Gasteiger partial charge in [0.25, 0.3) is 0 Å². The normalized spacial score (nSPS) is 14.5. The van der Waals surface area contributed by atoms with Crippen LogP contribution in [0, 0.1) is 18.7 Å². The molecule has 5 nitrogen and oxygen atoms in total. The lowest BCUT2D eigenvalue weighted by atomic mass is 10.1. The van der Waals surface area contributed by atoms with E-state index in [-0.39, 0.29) is 10.7 Å². The van der Waals surface area contributed by atoms with Crippen molar-refractivity contribution in [1.82, 2.24) is 14.8 Å². The van der Waals surface area contributed by atoms with Gasteiger partial charge in [0.05, 0.1) is 10.6 Å². The lowest BCUT2D eigenvalue weighted by molar-refractivity contribution is 0.602. The fourth-order valence-corrected chi connectivity index (χ4v) is 3.68. The van der Waals surface area contributed by atoms with E-state index in [0.717, 1.165) is 17.8 Å². The van der Waals surface area contributed by atoms with Crippen molar-refractivity contribution in [3.8, 4) is 17.1 Å². The summed E-state index contributed by atoms with van der Waals surface area (Å²) in [4.78, 5) is 4.94. The fraction of sp³-hybridized carbons (Fsp3) is 0.300. The number of nitrogens with zero attached hydrogens (tertiary/aromatic N) is 3. The van der Waals surface area contributed by atoms with Gasteiger partial charge >= 0.3 is 0 Å². The third-order valence-electron chi connectivity index (χ3n) is 4.77. The average molecular weight is 385 g/mol. The predicted octanol–water partition coefficient (Wildman–Crippen LogP) is 3.74. The Morgan fingerprint density at radius 3 is 2.48 bits per heavy atom. The summed E-state index contributed by atoms with van der Waals surface area (Å²) < 4.78 is 39.0. The van der Waals surface area contributed by atoms with Crippen molar-refractivity contribution in [2.24, 2.45) is 5.92 Å². The minimum absolute atomic E-state index is 0.237. The summed E-state index contributed by atoms with van der Waals surface area (Å²) in [7, 11) is -3.34. The number of rotatable bonds is 5. The number of hydrogen-bond donors (Lipinski definition) is 0. The highest BCUT2D eigenvalue weighted by Gasteiger charge is 2.25. The van der Waals surface area contributed by atoms with E-state index in [1.165, 1.54) is 31.2 Å². The summed E-state index contributed by atoms with van der Waals surface area (Å²) in [6.45, 7) is 1.91. The van der Waals surface area contributed by atoms with E-state index in [4.69, 9.17) is 4.98 Å². The molecule has 0 atom stereocenters. The molecule has 0 radical (unpaired) electrons. The second kappa shape index (κ2) is 6.56. The maximum atomic E-state index is 13.3. The van der Waals surface area contributed by atoms with Crippen molar-refractivity contribution < 1.29 is 12.8 Å². The zero-order valence-electron chi connectivity index (χ0n) is 15.2. The lowest BCUT2D eigenvalue weighted by Gasteiger charge is -2.10. The fourth-order valence-electron chi connectivity index (χ4n) is 3.03. The average Bonchev–Trinajstić information content (AvgIpc) is 3.32. The first kappa shape index (κ1) is 17.9. The maximum absolute atomic E-state index is 13.3. The minimum atomic E-state index is -3.34. The zero-order chi connectivity index (χ0) is 19.2. The number of benzene rings is 2. The summed E-state index contributed by atoms with van der Waals surface area (Å²) in [5, 5.41) is 4.63. The summed E-state index contributed by atoms with van der Waals surface area (Å²) in [6, 6.07) is 11.0. The molecule has 1 fully saturated rings. The molecule has 2 aromatic carbocycles. The molecule has 1 heterocycles. The highest BCUT2D eigenvalue weighted by molar-refractivity contribution is 7.90. The third kappa shape index (κ3) is 3.78. The summed E-state index contributed by atoms with van der Waals surface area (Å²) in [5.74, 6) is 1.58. The summed E-state index contributed by atoms with van der Waals surface area (Å²) in [5.41, 5.74) is 2.29. The van der Waals surface area contributed by atoms with Gasteiger partial charge in [-0.15, -0.1) is 0 Å². The van der Waals surface area contributed by atoms with E-state index in [0.29, 0.717) is 23.0 Å². The molecule has 4 rings (SSSR count). The van der Waals surface area contributed by atoms with Crippen LogP contribution in [-0.2, 0) is 16.3 Å². The summed E-state index contributed by atoms with van der Waals surface area (Å²) >= 11 is 0. The largest absolute Gasteiger partial charge is 0.224 e. The first-order chi connectivity index (χ1) is 12.8. The molecule has 7 heteroatoms. The van der Waals surface area contributed by atoms with Crippen LogP contribution in [0.1, 0.15) is 24.2 Å². The van der Waals surface area contributed by atoms with Gasteiger partial charge in [0.2, 0.25) is 0 Å². The van der Waals surface area contributed by atoms with E-state index in [2.05, 4.69) is 5.10 Å². The van der Waals surface area contributed by atoms with Crippen LogP contribution < -0.4 is 0 Å². The van der Waals surface area contributed by atoms with Gasteiger partial charge in [-0.1, -0.05) is 6.07 Å². The van der Waals surface area contributed by atoms with Crippen LogP contribution in [0.2, 0.25) is 0 Å². The smallest absolute Gasteiger partial charge is 0.175 e. The molecule has 3 aromatic rings. The van der Waals surface area contributed by atoms with Crippen LogP contribution in [0.5, 0.6) is 0 Å². The molecular weight excluding hydrogens is 365 g/mol. The highest BCUT2D eigenvalue weighted by atomic mass is 32.2. The lowest BCUT2D eigenvalue weighted by Crippen LogP contribution is -2.03. The van der Waals surface area contributed by atoms with Crippen molar-refractivity contribution in [3.05, 3.63) is 59.7 Å². The van der Waals surface area contributed by atoms with E-state index in [1.54, 1.807) is 35.0 Å². The molecule has 0 N–H and O–H groups in total. The number of sulfone groups is 1. The molecule has 0 spiro atoms. The van der Waals surface area contributed by atoms with Gasteiger partial charge in [0.15, 0.2) is 21.5 Å². The van der Waals surface area contributed by atoms with Crippen LogP contribution >= 0.6 is 0 Å². The van der Waals surface area contributed by atoms with Gasteiger partial charge in [-0.05, 0) is 67.6 Å². The Morgan fingerprint density at radius 2 is 1.85 bits per heavy atom. The van der Waals surface area contributed by atoms with E-state index < -0.39 is 9.84 Å². The second-order valence-electron chi connectivity index (χ2n) is 7.14. The number of hydrogen-bond acceptors (Lipinski definition) is 4. The van der Waals surface area contributed by atoms with Gasteiger partial charge in [0.1, 0.15) is 5.82 Å². The Bertz CT molecular complexity index is 1100. The van der Waals surface area contributed by atoms with Gasteiger partial charge in [-0.2, -0.15) is 5.10 Å². The topological polar surface area (TPSA) is 64.8 Å². The SMILES string of the molecule is Cc1ccc(S(C)(=O)=O)cc1-c1nc(CC2CC2)nn1-c1ccc(F)cc1. The van der Waals surface area contributed by atoms with Crippen molar-refractivity contribution >= 4 is 9.84 Å². The minimum Gasteiger partial charge on any atom is -0.224 e. The van der Waals surface area contributed by atoms with Crippen LogP contribution in [0.3, 0.4) is 0 Å². The zero-order valence-corrected chi connectivity index (χ0v) is 16.0. The number of aromatic nitrogens is 3. The molecule has 0 amide bonds. The first-order valence-electron chi connectivity index (χ1n) is 8.84. The van der Waals surface area contributed by atoms with E-state index >= 15 is 0 Å². The molecular formula is C20H20FN3O2S. The molecule has 1 aliphatic carbocycles. The van der Waals surface area contributed by atoms with Crippen molar-refractivity contribution in [3.63, 3.8) is 0 Å². The monoisotopic (exact) mass is 385 g/mol. The van der Waals surface area contributed by atoms with Crippen LogP contribution in [-0.4, -0.2) is 29.4 Å². The number of aryl methyl sites for hydroxylation is 1. The Morgan fingerprint density at radius 1 is 1.15 bits per heavy atom.